The average Bonchev–Trinajstić information content (AvgIpc) is 2.77. The van der Waals surface area contributed by atoms with E-state index in [1.54, 1.807) is 0 Å². The highest BCUT2D eigenvalue weighted by atomic mass is 35.5. The third-order valence-corrected chi connectivity index (χ3v) is 3.67. The normalized spacial score (nSPS) is 11.3. The summed E-state index contributed by atoms with van der Waals surface area (Å²) >= 11 is 12.4. The second-order valence-corrected chi connectivity index (χ2v) is 5.45. The van der Waals surface area contributed by atoms with Crippen molar-refractivity contribution in [2.24, 2.45) is 5.73 Å². The number of rotatable bonds is 4. The van der Waals surface area contributed by atoms with Crippen molar-refractivity contribution in [2.45, 2.75) is 32.9 Å². The SMILES string of the molecule is CC(C)c1c(CN)nnn1Cc1c(Cl)cccc1Cl. The molecular formula is C13H16Cl2N4. The van der Waals surface area contributed by atoms with Crippen LogP contribution in [0.3, 0.4) is 0 Å². The van der Waals surface area contributed by atoms with Crippen LogP contribution in [0.25, 0.3) is 0 Å². The molecule has 2 rings (SSSR count). The molecule has 6 heteroatoms. The lowest BCUT2D eigenvalue weighted by Crippen LogP contribution is -2.11. The van der Waals surface area contributed by atoms with E-state index in [4.69, 9.17) is 28.9 Å². The van der Waals surface area contributed by atoms with E-state index in [1.807, 2.05) is 22.9 Å². The number of hydrogen-bond donors (Lipinski definition) is 1. The van der Waals surface area contributed by atoms with Gasteiger partial charge >= 0.3 is 0 Å². The third-order valence-electron chi connectivity index (χ3n) is 2.96. The zero-order valence-electron chi connectivity index (χ0n) is 10.9. The van der Waals surface area contributed by atoms with Crippen molar-refractivity contribution in [3.05, 3.63) is 45.2 Å². The Morgan fingerprint density at radius 1 is 1.26 bits per heavy atom. The van der Waals surface area contributed by atoms with Crippen LogP contribution in [0.4, 0.5) is 0 Å². The molecule has 19 heavy (non-hydrogen) atoms. The summed E-state index contributed by atoms with van der Waals surface area (Å²) in [4.78, 5) is 0. The van der Waals surface area contributed by atoms with Gasteiger partial charge in [0.1, 0.15) is 0 Å². The molecule has 1 aromatic heterocycles. The van der Waals surface area contributed by atoms with Gasteiger partial charge in [-0.15, -0.1) is 5.10 Å². The lowest BCUT2D eigenvalue weighted by molar-refractivity contribution is 0.597. The van der Waals surface area contributed by atoms with Gasteiger partial charge in [0.05, 0.1) is 17.9 Å². The molecule has 0 aliphatic heterocycles. The molecule has 0 radical (unpaired) electrons. The summed E-state index contributed by atoms with van der Waals surface area (Å²) in [5.74, 6) is 0.287. The molecule has 0 saturated carbocycles. The van der Waals surface area contributed by atoms with Crippen LogP contribution >= 0.6 is 23.2 Å². The molecule has 0 spiro atoms. The van der Waals surface area contributed by atoms with Crippen molar-refractivity contribution < 1.29 is 0 Å². The highest BCUT2D eigenvalue weighted by Gasteiger charge is 2.17. The van der Waals surface area contributed by atoms with Gasteiger partial charge in [-0.05, 0) is 18.1 Å². The number of halogens is 2. The van der Waals surface area contributed by atoms with Gasteiger partial charge in [-0.2, -0.15) is 0 Å². The minimum Gasteiger partial charge on any atom is -0.325 e. The standard InChI is InChI=1S/C13H16Cl2N4/c1-8(2)13-12(6-16)17-18-19(13)7-9-10(14)4-3-5-11(9)15/h3-5,8H,6-7,16H2,1-2H3. The fourth-order valence-electron chi connectivity index (χ4n) is 2.08. The number of hydrogen-bond acceptors (Lipinski definition) is 3. The molecule has 0 bridgehead atoms. The monoisotopic (exact) mass is 298 g/mol. The maximum Gasteiger partial charge on any atom is 0.0997 e. The fourth-order valence-corrected chi connectivity index (χ4v) is 2.60. The van der Waals surface area contributed by atoms with Crippen molar-refractivity contribution >= 4 is 23.2 Å². The predicted molar refractivity (Wildman–Crippen MR) is 77.6 cm³/mol. The maximum atomic E-state index is 6.18. The largest absolute Gasteiger partial charge is 0.325 e. The van der Waals surface area contributed by atoms with Crippen LogP contribution in [0.15, 0.2) is 18.2 Å². The van der Waals surface area contributed by atoms with Gasteiger partial charge in [-0.25, -0.2) is 4.68 Å². The molecule has 2 N–H and O–H groups in total. The Balaban J connectivity index is 2.41. The summed E-state index contributed by atoms with van der Waals surface area (Å²) in [5.41, 5.74) is 8.38. The molecule has 102 valence electrons. The van der Waals surface area contributed by atoms with E-state index in [0.717, 1.165) is 17.0 Å². The zero-order chi connectivity index (χ0) is 14.0. The molecule has 4 nitrogen and oxygen atoms in total. The van der Waals surface area contributed by atoms with E-state index in [0.29, 0.717) is 23.1 Å². The predicted octanol–water partition coefficient (Wildman–Crippen LogP) is 3.22. The molecule has 0 fully saturated rings. The van der Waals surface area contributed by atoms with Crippen molar-refractivity contribution in [3.63, 3.8) is 0 Å². The van der Waals surface area contributed by atoms with Gasteiger partial charge in [-0.1, -0.05) is 48.3 Å². The van der Waals surface area contributed by atoms with Gasteiger partial charge in [0.2, 0.25) is 0 Å². The molecule has 0 atom stereocenters. The molecule has 0 unspecified atom stereocenters. The Labute approximate surface area is 122 Å². The topological polar surface area (TPSA) is 56.7 Å². The average molecular weight is 299 g/mol. The Hall–Kier alpha value is -1.10. The molecule has 0 amide bonds. The van der Waals surface area contributed by atoms with E-state index in [1.165, 1.54) is 0 Å². The van der Waals surface area contributed by atoms with E-state index >= 15 is 0 Å². The Bertz CT molecular complexity index is 558. The maximum absolute atomic E-state index is 6.18. The van der Waals surface area contributed by atoms with Gasteiger partial charge in [-0.3, -0.25) is 0 Å². The lowest BCUT2D eigenvalue weighted by Gasteiger charge is -2.12. The first-order valence-electron chi connectivity index (χ1n) is 6.09. The summed E-state index contributed by atoms with van der Waals surface area (Å²) in [6, 6.07) is 5.46. The van der Waals surface area contributed by atoms with Crippen LogP contribution < -0.4 is 5.73 Å². The van der Waals surface area contributed by atoms with Crippen LogP contribution in [0.2, 0.25) is 10.0 Å². The molecule has 0 aliphatic rings. The van der Waals surface area contributed by atoms with Gasteiger partial charge in [0.25, 0.3) is 0 Å². The zero-order valence-corrected chi connectivity index (χ0v) is 12.4. The van der Waals surface area contributed by atoms with Crippen LogP contribution in [0, 0.1) is 0 Å². The van der Waals surface area contributed by atoms with Gasteiger partial charge in [0, 0.05) is 22.2 Å². The number of nitrogens with zero attached hydrogens (tertiary/aromatic N) is 3. The highest BCUT2D eigenvalue weighted by Crippen LogP contribution is 2.26. The fraction of sp³-hybridized carbons (Fsp3) is 0.385. The smallest absolute Gasteiger partial charge is 0.0997 e. The summed E-state index contributed by atoms with van der Waals surface area (Å²) in [6.45, 7) is 5.05. The number of aromatic nitrogens is 3. The molecule has 2 aromatic rings. The summed E-state index contributed by atoms with van der Waals surface area (Å²) < 4.78 is 1.82. The van der Waals surface area contributed by atoms with E-state index in [9.17, 15) is 0 Å². The van der Waals surface area contributed by atoms with Gasteiger partial charge < -0.3 is 5.73 Å². The molecule has 0 aliphatic carbocycles. The lowest BCUT2D eigenvalue weighted by atomic mass is 10.1. The Morgan fingerprint density at radius 2 is 1.89 bits per heavy atom. The van der Waals surface area contributed by atoms with Gasteiger partial charge in [0.15, 0.2) is 0 Å². The first-order valence-corrected chi connectivity index (χ1v) is 6.85. The molecule has 0 saturated heterocycles. The Kier molecular flexibility index (Phi) is 4.45. The second-order valence-electron chi connectivity index (χ2n) is 4.64. The van der Waals surface area contributed by atoms with Crippen molar-refractivity contribution in [2.75, 3.05) is 0 Å². The van der Waals surface area contributed by atoms with Crippen LogP contribution in [-0.2, 0) is 13.1 Å². The van der Waals surface area contributed by atoms with Crippen LogP contribution in [-0.4, -0.2) is 15.0 Å². The van der Waals surface area contributed by atoms with E-state index in [-0.39, 0.29) is 5.92 Å². The minimum atomic E-state index is 0.287. The number of benzene rings is 1. The van der Waals surface area contributed by atoms with Crippen molar-refractivity contribution in [1.29, 1.82) is 0 Å². The molecular weight excluding hydrogens is 283 g/mol. The van der Waals surface area contributed by atoms with Crippen molar-refractivity contribution in [3.8, 4) is 0 Å². The number of nitrogens with two attached hydrogens (primary N) is 1. The second kappa shape index (κ2) is 5.90. The first kappa shape index (κ1) is 14.3. The minimum absolute atomic E-state index is 0.287. The highest BCUT2D eigenvalue weighted by molar-refractivity contribution is 6.35. The third kappa shape index (κ3) is 2.91. The first-order chi connectivity index (χ1) is 9.04. The van der Waals surface area contributed by atoms with Crippen LogP contribution in [0.5, 0.6) is 0 Å². The summed E-state index contributed by atoms with van der Waals surface area (Å²) in [7, 11) is 0. The van der Waals surface area contributed by atoms with Crippen molar-refractivity contribution in [1.82, 2.24) is 15.0 Å². The van der Waals surface area contributed by atoms with E-state index < -0.39 is 0 Å². The Morgan fingerprint density at radius 3 is 2.42 bits per heavy atom. The quantitative estimate of drug-likeness (QED) is 0.943. The summed E-state index contributed by atoms with van der Waals surface area (Å²) in [6.07, 6.45) is 0. The van der Waals surface area contributed by atoms with E-state index in [2.05, 4.69) is 24.2 Å². The molecule has 1 aromatic carbocycles. The van der Waals surface area contributed by atoms with Crippen LogP contribution in [0.1, 0.15) is 36.7 Å². The summed E-state index contributed by atoms with van der Waals surface area (Å²) in [5, 5.41) is 9.53. The molecule has 1 heterocycles.